The van der Waals surface area contributed by atoms with E-state index in [1.54, 1.807) is 0 Å². The smallest absolute Gasteiger partial charge is 0.267 e. The predicted octanol–water partition coefficient (Wildman–Crippen LogP) is 1.78. The Morgan fingerprint density at radius 3 is 2.82 bits per heavy atom. The van der Waals surface area contributed by atoms with Crippen LogP contribution in [0.25, 0.3) is 0 Å². The van der Waals surface area contributed by atoms with E-state index in [0.29, 0.717) is 12.4 Å². The van der Waals surface area contributed by atoms with Gasteiger partial charge in [-0.05, 0) is 18.4 Å². The van der Waals surface area contributed by atoms with Crippen LogP contribution in [0.4, 0.5) is 0 Å². The number of nitrogens with one attached hydrogen (secondary N) is 1. The summed E-state index contributed by atoms with van der Waals surface area (Å²) in [5.41, 5.74) is 1.05. The molecule has 17 heavy (non-hydrogen) atoms. The third kappa shape index (κ3) is 3.75. The summed E-state index contributed by atoms with van der Waals surface area (Å²) in [5, 5.41) is 5.96. The lowest BCUT2D eigenvalue weighted by Gasteiger charge is -2.04. The van der Waals surface area contributed by atoms with Gasteiger partial charge in [-0.1, -0.05) is 30.3 Å². The van der Waals surface area contributed by atoms with Crippen molar-refractivity contribution in [2.75, 3.05) is 6.61 Å². The van der Waals surface area contributed by atoms with Gasteiger partial charge in [0, 0.05) is 6.07 Å². The number of aromatic amines is 1. The first-order chi connectivity index (χ1) is 8.34. The van der Waals surface area contributed by atoms with Gasteiger partial charge >= 0.3 is 0 Å². The molecule has 4 heteroatoms. The zero-order chi connectivity index (χ0) is 11.9. The summed E-state index contributed by atoms with van der Waals surface area (Å²) < 4.78 is 5.43. The molecular weight excluding hydrogens is 216 g/mol. The predicted molar refractivity (Wildman–Crippen MR) is 65.1 cm³/mol. The maximum atomic E-state index is 10.9. The molecular formula is C13H14N2O2. The van der Waals surface area contributed by atoms with Crippen molar-refractivity contribution in [3.8, 4) is 5.75 Å². The van der Waals surface area contributed by atoms with Gasteiger partial charge < -0.3 is 4.74 Å². The van der Waals surface area contributed by atoms with Crippen molar-refractivity contribution in [2.45, 2.75) is 12.8 Å². The lowest BCUT2D eigenvalue weighted by atomic mass is 10.1. The van der Waals surface area contributed by atoms with E-state index >= 15 is 0 Å². The quantitative estimate of drug-likeness (QED) is 0.796. The highest BCUT2D eigenvalue weighted by atomic mass is 16.5. The van der Waals surface area contributed by atoms with Gasteiger partial charge in [-0.15, -0.1) is 0 Å². The van der Waals surface area contributed by atoms with E-state index in [-0.39, 0.29) is 5.56 Å². The molecule has 0 aliphatic carbocycles. The van der Waals surface area contributed by atoms with E-state index in [1.807, 2.05) is 18.2 Å². The molecule has 0 bridgehead atoms. The fraction of sp³-hybridized carbons (Fsp3) is 0.231. The van der Waals surface area contributed by atoms with Crippen LogP contribution < -0.4 is 10.3 Å². The fourth-order valence-electron chi connectivity index (χ4n) is 1.55. The highest BCUT2D eigenvalue weighted by Crippen LogP contribution is 2.06. The summed E-state index contributed by atoms with van der Waals surface area (Å²) in [7, 11) is 0. The van der Waals surface area contributed by atoms with Crippen LogP contribution in [0.2, 0.25) is 0 Å². The first kappa shape index (κ1) is 11.4. The standard InChI is InChI=1S/C13H14N2O2/c16-13-9-12(10-14-15-13)17-8-4-7-11-5-2-1-3-6-11/h1-3,5-6,9-10H,4,7-8H2,(H,15,16). The minimum atomic E-state index is -0.245. The van der Waals surface area contributed by atoms with Gasteiger partial charge in [-0.2, -0.15) is 5.10 Å². The number of ether oxygens (including phenoxy) is 1. The number of rotatable bonds is 5. The van der Waals surface area contributed by atoms with E-state index in [4.69, 9.17) is 4.74 Å². The molecule has 0 spiro atoms. The number of hydrogen-bond donors (Lipinski definition) is 1. The second kappa shape index (κ2) is 5.84. The Kier molecular flexibility index (Phi) is 3.91. The number of hydrogen-bond acceptors (Lipinski definition) is 3. The number of nitrogens with zero attached hydrogens (tertiary/aromatic N) is 1. The Balaban J connectivity index is 1.75. The minimum Gasteiger partial charge on any atom is -0.492 e. The molecule has 1 N–H and O–H groups in total. The largest absolute Gasteiger partial charge is 0.492 e. The van der Waals surface area contributed by atoms with Gasteiger partial charge in [0.2, 0.25) is 0 Å². The topological polar surface area (TPSA) is 55.0 Å². The van der Waals surface area contributed by atoms with Gasteiger partial charge in [-0.3, -0.25) is 4.79 Å². The van der Waals surface area contributed by atoms with Gasteiger partial charge in [0.05, 0.1) is 12.8 Å². The second-order valence-corrected chi connectivity index (χ2v) is 3.72. The van der Waals surface area contributed by atoms with Gasteiger partial charge in [0.1, 0.15) is 5.75 Å². The first-order valence-electron chi connectivity index (χ1n) is 5.56. The monoisotopic (exact) mass is 230 g/mol. The minimum absolute atomic E-state index is 0.245. The Bertz CT molecular complexity index is 508. The lowest BCUT2D eigenvalue weighted by molar-refractivity contribution is 0.308. The third-order valence-corrected chi connectivity index (χ3v) is 2.36. The van der Waals surface area contributed by atoms with Gasteiger partial charge in [-0.25, -0.2) is 5.10 Å². The van der Waals surface area contributed by atoms with Crippen molar-refractivity contribution >= 4 is 0 Å². The number of H-pyrrole nitrogens is 1. The van der Waals surface area contributed by atoms with Crippen LogP contribution in [0.1, 0.15) is 12.0 Å². The molecule has 0 unspecified atom stereocenters. The zero-order valence-electron chi connectivity index (χ0n) is 9.43. The Morgan fingerprint density at radius 1 is 1.24 bits per heavy atom. The number of aromatic nitrogens is 2. The van der Waals surface area contributed by atoms with E-state index in [0.717, 1.165) is 12.8 Å². The Hall–Kier alpha value is -2.10. The average molecular weight is 230 g/mol. The average Bonchev–Trinajstić information content (AvgIpc) is 2.36. The molecule has 4 nitrogen and oxygen atoms in total. The van der Waals surface area contributed by atoms with E-state index < -0.39 is 0 Å². The first-order valence-corrected chi connectivity index (χ1v) is 5.56. The summed E-state index contributed by atoms with van der Waals surface area (Å²) in [5.74, 6) is 0.516. The maximum absolute atomic E-state index is 10.9. The van der Waals surface area contributed by atoms with Gasteiger partial charge in [0.25, 0.3) is 5.56 Å². The molecule has 0 amide bonds. The highest BCUT2D eigenvalue weighted by molar-refractivity contribution is 5.15. The van der Waals surface area contributed by atoms with Crippen molar-refractivity contribution in [3.63, 3.8) is 0 Å². The maximum Gasteiger partial charge on any atom is 0.267 e. The number of benzene rings is 1. The molecule has 0 radical (unpaired) electrons. The number of aryl methyl sites for hydroxylation is 1. The van der Waals surface area contributed by atoms with Crippen molar-refractivity contribution in [1.29, 1.82) is 0 Å². The van der Waals surface area contributed by atoms with Crippen LogP contribution in [0.5, 0.6) is 5.75 Å². The zero-order valence-corrected chi connectivity index (χ0v) is 9.43. The van der Waals surface area contributed by atoms with Crippen LogP contribution in [0, 0.1) is 0 Å². The Morgan fingerprint density at radius 2 is 2.06 bits per heavy atom. The molecule has 0 fully saturated rings. The Labute approximate surface area is 99.3 Å². The third-order valence-electron chi connectivity index (χ3n) is 2.36. The van der Waals surface area contributed by atoms with Crippen molar-refractivity contribution < 1.29 is 4.74 Å². The summed E-state index contributed by atoms with van der Waals surface area (Å²) in [6, 6.07) is 11.6. The summed E-state index contributed by atoms with van der Waals surface area (Å²) in [6.07, 6.45) is 3.39. The van der Waals surface area contributed by atoms with Crippen molar-refractivity contribution in [1.82, 2.24) is 10.2 Å². The molecule has 1 aromatic heterocycles. The van der Waals surface area contributed by atoms with Crippen LogP contribution in [0.15, 0.2) is 47.4 Å². The molecule has 0 saturated carbocycles. The van der Waals surface area contributed by atoms with Crippen molar-refractivity contribution in [2.24, 2.45) is 0 Å². The molecule has 0 atom stereocenters. The SMILES string of the molecule is O=c1cc(OCCCc2ccccc2)cn[nH]1. The normalized spacial score (nSPS) is 10.1. The fourth-order valence-corrected chi connectivity index (χ4v) is 1.55. The van der Waals surface area contributed by atoms with Crippen molar-refractivity contribution in [3.05, 3.63) is 58.5 Å². The summed E-state index contributed by atoms with van der Waals surface area (Å²) >= 11 is 0. The van der Waals surface area contributed by atoms with E-state index in [2.05, 4.69) is 22.3 Å². The summed E-state index contributed by atoms with van der Waals surface area (Å²) in [6.45, 7) is 0.583. The molecule has 0 aliphatic rings. The lowest BCUT2D eigenvalue weighted by Crippen LogP contribution is -2.08. The molecule has 1 aromatic carbocycles. The van der Waals surface area contributed by atoms with Crippen LogP contribution in [-0.2, 0) is 6.42 Å². The molecule has 88 valence electrons. The van der Waals surface area contributed by atoms with Crippen LogP contribution in [0.3, 0.4) is 0 Å². The molecule has 1 heterocycles. The van der Waals surface area contributed by atoms with Gasteiger partial charge in [0.15, 0.2) is 0 Å². The van der Waals surface area contributed by atoms with Crippen LogP contribution in [-0.4, -0.2) is 16.8 Å². The molecule has 2 aromatic rings. The second-order valence-electron chi connectivity index (χ2n) is 3.72. The molecule has 2 rings (SSSR count). The van der Waals surface area contributed by atoms with E-state index in [1.165, 1.54) is 17.8 Å². The molecule has 0 saturated heterocycles. The van der Waals surface area contributed by atoms with Crippen LogP contribution >= 0.6 is 0 Å². The van der Waals surface area contributed by atoms with E-state index in [9.17, 15) is 4.79 Å². The highest BCUT2D eigenvalue weighted by Gasteiger charge is 1.96. The summed E-state index contributed by atoms with van der Waals surface area (Å²) in [4.78, 5) is 10.9. The molecule has 0 aliphatic heterocycles.